The number of nitrogens with one attached hydrogen (secondary N) is 5. The van der Waals surface area contributed by atoms with Crippen LogP contribution in [0.4, 0.5) is 0 Å². The number of cyclic esters (lactones) is 1. The average Bonchev–Trinajstić information content (AvgIpc) is 0.976. The summed E-state index contributed by atoms with van der Waals surface area (Å²) in [6, 6.07) is 15.6. The van der Waals surface area contributed by atoms with Crippen LogP contribution in [0.3, 0.4) is 0 Å². The third-order valence-corrected chi connectivity index (χ3v) is 20.3. The van der Waals surface area contributed by atoms with Crippen LogP contribution in [0.1, 0.15) is 161 Å². The maximum absolute atomic E-state index is 14.7. The Morgan fingerprint density at radius 2 is 1.41 bits per heavy atom. The highest BCUT2D eigenvalue weighted by Crippen LogP contribution is 2.40. The van der Waals surface area contributed by atoms with Crippen molar-refractivity contribution in [2.24, 2.45) is 23.7 Å². The smallest absolute Gasteiger partial charge is 0.311 e. The van der Waals surface area contributed by atoms with Gasteiger partial charge >= 0.3 is 5.97 Å². The quantitative estimate of drug-likeness (QED) is 0.0310. The van der Waals surface area contributed by atoms with Crippen molar-refractivity contribution in [2.75, 3.05) is 46.8 Å². The molecule has 0 spiro atoms. The zero-order valence-corrected chi connectivity index (χ0v) is 60.6. The van der Waals surface area contributed by atoms with Crippen molar-refractivity contribution in [3.8, 4) is 0 Å². The molecule has 0 bridgehead atoms. The van der Waals surface area contributed by atoms with Crippen LogP contribution in [0.5, 0.6) is 0 Å². The highest BCUT2D eigenvalue weighted by Gasteiger charge is 2.53. The van der Waals surface area contributed by atoms with Crippen LogP contribution in [0.25, 0.3) is 0 Å². The second-order valence-corrected chi connectivity index (χ2v) is 29.8. The average molecular weight is 1390 g/mol. The number of thiophene rings is 1. The van der Waals surface area contributed by atoms with E-state index in [0.29, 0.717) is 28.0 Å². The van der Waals surface area contributed by atoms with Gasteiger partial charge in [0, 0.05) is 56.0 Å². The number of hydrogen-bond donors (Lipinski definition) is 11. The van der Waals surface area contributed by atoms with Gasteiger partial charge in [-0.2, -0.15) is 0 Å². The lowest BCUT2D eigenvalue weighted by Crippen LogP contribution is -2.60. The molecule has 98 heavy (non-hydrogen) atoms. The van der Waals surface area contributed by atoms with Crippen molar-refractivity contribution in [1.29, 1.82) is 0 Å². The van der Waals surface area contributed by atoms with Crippen molar-refractivity contribution < 1.29 is 87.9 Å². The van der Waals surface area contributed by atoms with Crippen LogP contribution < -0.4 is 26.6 Å². The second kappa shape index (κ2) is 36.1. The first-order valence-electron chi connectivity index (χ1n) is 34.5. The van der Waals surface area contributed by atoms with Gasteiger partial charge in [0.1, 0.15) is 42.1 Å². The Morgan fingerprint density at radius 1 is 0.755 bits per heavy atom. The van der Waals surface area contributed by atoms with Crippen molar-refractivity contribution >= 4 is 52.6 Å². The van der Waals surface area contributed by atoms with Gasteiger partial charge in [0.25, 0.3) is 0 Å². The Morgan fingerprint density at radius 3 is 2.02 bits per heavy atom. The van der Waals surface area contributed by atoms with Crippen LogP contribution >= 0.6 is 11.3 Å². The van der Waals surface area contributed by atoms with Gasteiger partial charge in [-0.05, 0) is 136 Å². The SMILES string of the molecule is CCC1OC(=O)C(C)C(OC2CC(C)(O)C(O)C(C)O2)C(C)C(OC2OC(C)CC(N(C)C)C2O)C(C)(O)CC(C)CN(CCCNC(=O)CNC(=O)C(CC(C)C)NC(=O)C(Cc2ccccc2)NC(=O)CNC(=O)C(C)c2ccc(C(=O)c3cccs3)cc2)C(C)C(O)C1(C)O. The molecule has 5 amide bonds. The number of esters is 1. The molecule has 3 aliphatic rings. The Hall–Kier alpha value is -5.85. The molecule has 3 saturated heterocycles. The van der Waals surface area contributed by atoms with Crippen LogP contribution in [-0.4, -0.2) is 231 Å². The number of carbonyl (C=O) groups excluding carboxylic acids is 7. The molecular weight excluding hydrogens is 1280 g/mol. The third-order valence-electron chi connectivity index (χ3n) is 19.5. The summed E-state index contributed by atoms with van der Waals surface area (Å²) in [7, 11) is 3.67. The lowest BCUT2D eigenvalue weighted by atomic mass is 9.77. The van der Waals surface area contributed by atoms with E-state index in [4.69, 9.17) is 23.7 Å². The first kappa shape index (κ1) is 81.1. The lowest BCUT2D eigenvalue weighted by molar-refractivity contribution is -0.316. The van der Waals surface area contributed by atoms with E-state index in [2.05, 4.69) is 26.6 Å². The van der Waals surface area contributed by atoms with E-state index < -0.39 is 169 Å². The number of likely N-dealkylation sites (N-methyl/N-ethyl adjacent to an activating group) is 1. The Kier molecular flexibility index (Phi) is 29.9. The highest BCUT2D eigenvalue weighted by molar-refractivity contribution is 7.12. The molecular formula is C72H111N7O18S. The van der Waals surface area contributed by atoms with E-state index in [-0.39, 0.29) is 76.0 Å². The van der Waals surface area contributed by atoms with E-state index in [1.807, 2.05) is 57.0 Å². The molecule has 2 aromatic carbocycles. The van der Waals surface area contributed by atoms with E-state index in [9.17, 15) is 64.2 Å². The maximum Gasteiger partial charge on any atom is 0.311 e. The molecule has 3 fully saturated rings. The zero-order valence-electron chi connectivity index (χ0n) is 59.8. The monoisotopic (exact) mass is 1390 g/mol. The fourth-order valence-corrected chi connectivity index (χ4v) is 14.5. The summed E-state index contributed by atoms with van der Waals surface area (Å²) >= 11 is 1.33. The van der Waals surface area contributed by atoms with Gasteiger partial charge in [0.2, 0.25) is 35.3 Å². The first-order valence-corrected chi connectivity index (χ1v) is 35.4. The van der Waals surface area contributed by atoms with E-state index in [1.165, 1.54) is 25.2 Å². The number of benzene rings is 2. The molecule has 548 valence electrons. The summed E-state index contributed by atoms with van der Waals surface area (Å²) in [5, 5.41) is 87.1. The summed E-state index contributed by atoms with van der Waals surface area (Å²) in [4.78, 5) is 100. The minimum absolute atomic E-state index is 0.0324. The molecule has 4 heterocycles. The molecule has 26 heteroatoms. The summed E-state index contributed by atoms with van der Waals surface area (Å²) < 4.78 is 32.0. The number of aliphatic hydroxyl groups excluding tert-OH is 3. The number of carbonyl (C=O) groups is 7. The number of ketones is 1. The first-order chi connectivity index (χ1) is 45.9. The zero-order chi connectivity index (χ0) is 72.7. The Labute approximate surface area is 581 Å². The van der Waals surface area contributed by atoms with Crippen molar-refractivity contribution in [2.45, 2.75) is 243 Å². The standard InChI is InChI=1S/C72H111N7O18S/c1-16-55-72(13,92)62(84)46(9)79(39-41(4)35-71(12,91)64(97-69-60(83)53(78(14)15)33-42(5)93-69)44(7)61(45(8)68(89)95-55)96-58-36-70(11,90)63(85)47(10)94-58)30-21-29-73-56(80)37-75-66(87)51(32-40(2)3)77-67(88)52(34-48-22-18-17-19-23-48)76-57(81)38-74-65(86)43(6)49-25-27-50(28-26-49)59(82)54-24-20-31-98-54/h17-20,22-28,31,40-47,51-53,55,58,60-64,69,83-85,90-92H,16,21,29-30,32-39H2,1-15H3,(H,73,80)(H,74,86)(H,75,87)(H,76,81)(H,77,88). The molecule has 0 radical (unpaired) electrons. The normalized spacial score (nSPS) is 32.5. The molecule has 0 aliphatic carbocycles. The van der Waals surface area contributed by atoms with Gasteiger partial charge in [0.15, 0.2) is 12.6 Å². The molecule has 21 atom stereocenters. The lowest BCUT2D eigenvalue weighted by Gasteiger charge is -2.48. The van der Waals surface area contributed by atoms with E-state index in [1.54, 1.807) is 115 Å². The molecule has 3 aliphatic heterocycles. The van der Waals surface area contributed by atoms with Crippen LogP contribution in [0.15, 0.2) is 72.1 Å². The van der Waals surface area contributed by atoms with Gasteiger partial charge in [-0.3, -0.25) is 38.5 Å². The number of rotatable bonds is 26. The summed E-state index contributed by atoms with van der Waals surface area (Å²) in [5.41, 5.74) is -3.68. The fourth-order valence-electron chi connectivity index (χ4n) is 13.8. The number of ether oxygens (including phenoxy) is 5. The topological polar surface area (TPSA) is 354 Å². The number of aliphatic hydroxyl groups is 6. The van der Waals surface area contributed by atoms with Gasteiger partial charge in [-0.15, -0.1) is 11.3 Å². The Balaban J connectivity index is 1.13. The molecule has 11 N–H and O–H groups in total. The van der Waals surface area contributed by atoms with E-state index >= 15 is 0 Å². The van der Waals surface area contributed by atoms with Gasteiger partial charge in [-0.1, -0.05) is 95.3 Å². The number of nitrogens with zero attached hydrogens (tertiary/aromatic N) is 2. The molecule has 6 rings (SSSR count). The highest BCUT2D eigenvalue weighted by atomic mass is 32.1. The maximum atomic E-state index is 14.7. The van der Waals surface area contributed by atoms with Gasteiger partial charge < -0.3 is 85.8 Å². The molecule has 21 unspecified atom stereocenters. The van der Waals surface area contributed by atoms with Crippen molar-refractivity contribution in [3.05, 3.63) is 93.7 Å². The molecule has 3 aromatic rings. The second-order valence-electron chi connectivity index (χ2n) is 28.9. The predicted molar refractivity (Wildman–Crippen MR) is 368 cm³/mol. The summed E-state index contributed by atoms with van der Waals surface area (Å²) in [5.74, 6) is -7.25. The van der Waals surface area contributed by atoms with Crippen molar-refractivity contribution in [1.82, 2.24) is 36.4 Å². The molecule has 1 aromatic heterocycles. The molecule has 0 saturated carbocycles. The predicted octanol–water partition coefficient (Wildman–Crippen LogP) is 3.71. The third kappa shape index (κ3) is 22.1. The number of hydrogen-bond acceptors (Lipinski definition) is 21. The van der Waals surface area contributed by atoms with Crippen molar-refractivity contribution in [3.63, 3.8) is 0 Å². The largest absolute Gasteiger partial charge is 0.459 e. The summed E-state index contributed by atoms with van der Waals surface area (Å²) in [6.07, 6.45) is -10.5. The van der Waals surface area contributed by atoms with Crippen LogP contribution in [0.2, 0.25) is 0 Å². The summed E-state index contributed by atoms with van der Waals surface area (Å²) in [6.45, 7) is 21.5. The van der Waals surface area contributed by atoms with Gasteiger partial charge in [-0.25, -0.2) is 0 Å². The van der Waals surface area contributed by atoms with E-state index in [0.717, 1.165) is 0 Å². The number of amides is 5. The fraction of sp³-hybridized carbons (Fsp3) is 0.681. The Bertz CT molecular complexity index is 3060. The van der Waals surface area contributed by atoms with Crippen LogP contribution in [-0.2, 0) is 58.9 Å². The molecule has 25 nitrogen and oxygen atoms in total. The minimum Gasteiger partial charge on any atom is -0.459 e. The van der Waals surface area contributed by atoms with Gasteiger partial charge in [0.05, 0.1) is 65.4 Å². The van der Waals surface area contributed by atoms with Crippen LogP contribution in [0, 0.1) is 23.7 Å². The minimum atomic E-state index is -2.05.